The van der Waals surface area contributed by atoms with Crippen LogP contribution < -0.4 is 0 Å². The Bertz CT molecular complexity index is 495. The van der Waals surface area contributed by atoms with Gasteiger partial charge in [-0.2, -0.15) is 0 Å². The highest BCUT2D eigenvalue weighted by Gasteiger charge is 2.38. The molecule has 1 heterocycles. The summed E-state index contributed by atoms with van der Waals surface area (Å²) >= 11 is 0. The van der Waals surface area contributed by atoms with Gasteiger partial charge in [0.05, 0.1) is 0 Å². The van der Waals surface area contributed by atoms with Crippen molar-refractivity contribution in [2.45, 2.75) is 19.4 Å². The summed E-state index contributed by atoms with van der Waals surface area (Å²) in [5.41, 5.74) is 0.926. The molecule has 0 bridgehead atoms. The van der Waals surface area contributed by atoms with E-state index in [4.69, 9.17) is 0 Å². The molecule has 100 valence electrons. The van der Waals surface area contributed by atoms with Gasteiger partial charge < -0.3 is 10.0 Å². The minimum absolute atomic E-state index is 0.00609. The van der Waals surface area contributed by atoms with E-state index in [-0.39, 0.29) is 11.8 Å². The van der Waals surface area contributed by atoms with Crippen molar-refractivity contribution >= 4 is 18.0 Å². The van der Waals surface area contributed by atoms with Crippen molar-refractivity contribution in [1.29, 1.82) is 0 Å². The zero-order chi connectivity index (χ0) is 13.8. The SMILES string of the molecule is CC1CCN(C(=O)/C=C/c2ccccc2)C1C(=O)O. The van der Waals surface area contributed by atoms with Gasteiger partial charge in [0.25, 0.3) is 0 Å². The van der Waals surface area contributed by atoms with E-state index in [2.05, 4.69) is 0 Å². The van der Waals surface area contributed by atoms with Crippen LogP contribution in [0.2, 0.25) is 0 Å². The molecular formula is C15H17NO3. The predicted molar refractivity (Wildman–Crippen MR) is 72.4 cm³/mol. The third-order valence-corrected chi connectivity index (χ3v) is 3.45. The second-order valence-corrected chi connectivity index (χ2v) is 4.82. The van der Waals surface area contributed by atoms with E-state index in [9.17, 15) is 14.7 Å². The standard InChI is InChI=1S/C15H17NO3/c1-11-9-10-16(14(11)15(18)19)13(17)8-7-12-5-3-2-4-6-12/h2-8,11,14H,9-10H2,1H3,(H,18,19)/b8-7+. The van der Waals surface area contributed by atoms with E-state index in [0.717, 1.165) is 12.0 Å². The maximum Gasteiger partial charge on any atom is 0.326 e. The lowest BCUT2D eigenvalue weighted by Crippen LogP contribution is -2.42. The lowest BCUT2D eigenvalue weighted by molar-refractivity contribution is -0.147. The summed E-state index contributed by atoms with van der Waals surface area (Å²) in [6, 6.07) is 8.77. The maximum absolute atomic E-state index is 12.1. The molecule has 1 aromatic carbocycles. The van der Waals surface area contributed by atoms with Crippen LogP contribution in [0.4, 0.5) is 0 Å². The van der Waals surface area contributed by atoms with E-state index in [1.807, 2.05) is 37.3 Å². The molecule has 0 spiro atoms. The molecule has 2 unspecified atom stereocenters. The quantitative estimate of drug-likeness (QED) is 0.845. The van der Waals surface area contributed by atoms with Gasteiger partial charge in [-0.15, -0.1) is 0 Å². The molecule has 1 fully saturated rings. The zero-order valence-corrected chi connectivity index (χ0v) is 10.8. The van der Waals surface area contributed by atoms with E-state index in [0.29, 0.717) is 6.54 Å². The molecule has 0 radical (unpaired) electrons. The lowest BCUT2D eigenvalue weighted by atomic mass is 10.0. The number of likely N-dealkylation sites (tertiary alicyclic amines) is 1. The molecule has 0 aromatic heterocycles. The van der Waals surface area contributed by atoms with Crippen LogP contribution in [0.3, 0.4) is 0 Å². The molecule has 4 nitrogen and oxygen atoms in total. The van der Waals surface area contributed by atoms with Gasteiger partial charge in [-0.1, -0.05) is 37.3 Å². The number of nitrogens with zero attached hydrogens (tertiary/aromatic N) is 1. The number of rotatable bonds is 3. The summed E-state index contributed by atoms with van der Waals surface area (Å²) in [6.07, 6.45) is 3.90. The molecule has 2 atom stereocenters. The van der Waals surface area contributed by atoms with Crippen LogP contribution in [-0.2, 0) is 9.59 Å². The number of hydrogen-bond donors (Lipinski definition) is 1. The first kappa shape index (κ1) is 13.3. The van der Waals surface area contributed by atoms with Gasteiger partial charge in [0.1, 0.15) is 6.04 Å². The largest absolute Gasteiger partial charge is 0.480 e. The van der Waals surface area contributed by atoms with Crippen LogP contribution in [0.1, 0.15) is 18.9 Å². The summed E-state index contributed by atoms with van der Waals surface area (Å²) < 4.78 is 0. The Kier molecular flexibility index (Phi) is 4.00. The second-order valence-electron chi connectivity index (χ2n) is 4.82. The minimum Gasteiger partial charge on any atom is -0.480 e. The average molecular weight is 259 g/mol. The van der Waals surface area contributed by atoms with Crippen molar-refractivity contribution in [3.63, 3.8) is 0 Å². The number of carbonyl (C=O) groups is 2. The van der Waals surface area contributed by atoms with Crippen LogP contribution >= 0.6 is 0 Å². The Labute approximate surface area is 112 Å². The number of benzene rings is 1. The van der Waals surface area contributed by atoms with Crippen LogP contribution in [0, 0.1) is 5.92 Å². The average Bonchev–Trinajstić information content (AvgIpc) is 2.79. The molecule has 1 saturated heterocycles. The van der Waals surface area contributed by atoms with Crippen molar-refractivity contribution < 1.29 is 14.7 Å². The molecule has 1 amide bonds. The lowest BCUT2D eigenvalue weighted by Gasteiger charge is -2.21. The van der Waals surface area contributed by atoms with Gasteiger partial charge in [0.2, 0.25) is 5.91 Å². The second kappa shape index (κ2) is 5.69. The molecule has 1 aromatic rings. The monoisotopic (exact) mass is 259 g/mol. The molecule has 1 aliphatic heterocycles. The first-order chi connectivity index (χ1) is 9.09. The fourth-order valence-electron chi connectivity index (χ4n) is 2.40. The molecule has 0 saturated carbocycles. The van der Waals surface area contributed by atoms with Crippen molar-refractivity contribution in [3.05, 3.63) is 42.0 Å². The van der Waals surface area contributed by atoms with Crippen molar-refractivity contribution in [2.75, 3.05) is 6.54 Å². The highest BCUT2D eigenvalue weighted by atomic mass is 16.4. The minimum atomic E-state index is -0.925. The maximum atomic E-state index is 12.1. The van der Waals surface area contributed by atoms with E-state index in [1.165, 1.54) is 11.0 Å². The summed E-state index contributed by atoms with van der Waals surface area (Å²) in [4.78, 5) is 24.7. The molecule has 4 heteroatoms. The molecule has 19 heavy (non-hydrogen) atoms. The van der Waals surface area contributed by atoms with Gasteiger partial charge in [-0.25, -0.2) is 4.79 Å². The fourth-order valence-corrected chi connectivity index (χ4v) is 2.40. The fraction of sp³-hybridized carbons (Fsp3) is 0.333. The van der Waals surface area contributed by atoms with Crippen molar-refractivity contribution in [2.24, 2.45) is 5.92 Å². The van der Waals surface area contributed by atoms with Crippen LogP contribution in [-0.4, -0.2) is 34.5 Å². The van der Waals surface area contributed by atoms with Gasteiger partial charge in [-0.3, -0.25) is 4.79 Å². The first-order valence-corrected chi connectivity index (χ1v) is 6.36. The van der Waals surface area contributed by atoms with Crippen LogP contribution in [0.25, 0.3) is 6.08 Å². The summed E-state index contributed by atoms with van der Waals surface area (Å²) in [7, 11) is 0. The zero-order valence-electron chi connectivity index (χ0n) is 10.8. The summed E-state index contributed by atoms with van der Waals surface area (Å²) in [5, 5.41) is 9.17. The van der Waals surface area contributed by atoms with E-state index in [1.54, 1.807) is 6.08 Å². The Balaban J connectivity index is 2.08. The van der Waals surface area contributed by atoms with Crippen LogP contribution in [0.5, 0.6) is 0 Å². The number of carboxylic acid groups (broad SMARTS) is 1. The van der Waals surface area contributed by atoms with Gasteiger partial charge in [0.15, 0.2) is 0 Å². The molecular weight excluding hydrogens is 242 g/mol. The third kappa shape index (κ3) is 3.02. The van der Waals surface area contributed by atoms with Gasteiger partial charge in [-0.05, 0) is 24.0 Å². The summed E-state index contributed by atoms with van der Waals surface area (Å²) in [5.74, 6) is -1.15. The van der Waals surface area contributed by atoms with E-state index < -0.39 is 12.0 Å². The Morgan fingerprint density at radius 1 is 1.32 bits per heavy atom. The third-order valence-electron chi connectivity index (χ3n) is 3.45. The molecule has 2 rings (SSSR count). The Morgan fingerprint density at radius 3 is 2.63 bits per heavy atom. The predicted octanol–water partition coefficient (Wildman–Crippen LogP) is 2.02. The summed E-state index contributed by atoms with van der Waals surface area (Å²) in [6.45, 7) is 2.38. The highest BCUT2D eigenvalue weighted by Crippen LogP contribution is 2.24. The normalized spacial score (nSPS) is 22.9. The first-order valence-electron chi connectivity index (χ1n) is 6.36. The van der Waals surface area contributed by atoms with Crippen molar-refractivity contribution in [1.82, 2.24) is 4.90 Å². The number of carboxylic acids is 1. The highest BCUT2D eigenvalue weighted by molar-refractivity contribution is 5.94. The molecule has 0 aliphatic carbocycles. The molecule has 1 N–H and O–H groups in total. The number of amides is 1. The Hall–Kier alpha value is -2.10. The molecule has 1 aliphatic rings. The van der Waals surface area contributed by atoms with Gasteiger partial charge in [0, 0.05) is 12.6 Å². The Morgan fingerprint density at radius 2 is 2.00 bits per heavy atom. The van der Waals surface area contributed by atoms with E-state index >= 15 is 0 Å². The van der Waals surface area contributed by atoms with Crippen LogP contribution in [0.15, 0.2) is 36.4 Å². The number of carbonyl (C=O) groups excluding carboxylic acids is 1. The van der Waals surface area contributed by atoms with Gasteiger partial charge >= 0.3 is 5.97 Å². The smallest absolute Gasteiger partial charge is 0.326 e. The number of aliphatic carboxylic acids is 1. The number of hydrogen-bond acceptors (Lipinski definition) is 2. The van der Waals surface area contributed by atoms with Crippen molar-refractivity contribution in [3.8, 4) is 0 Å². The topological polar surface area (TPSA) is 57.6 Å².